The van der Waals surface area contributed by atoms with Gasteiger partial charge >= 0.3 is 0 Å². The molecule has 10 heavy (non-hydrogen) atoms. The lowest BCUT2D eigenvalue weighted by Crippen LogP contribution is -2.40. The van der Waals surface area contributed by atoms with E-state index in [0.29, 0.717) is 5.92 Å². The van der Waals surface area contributed by atoms with Gasteiger partial charge in [0.15, 0.2) is 0 Å². The van der Waals surface area contributed by atoms with E-state index < -0.39 is 9.93 Å². The first kappa shape index (κ1) is 10.2. The van der Waals surface area contributed by atoms with Crippen LogP contribution in [0.25, 0.3) is 0 Å². The number of hydrogen-bond acceptors (Lipinski definition) is 1. The van der Waals surface area contributed by atoms with E-state index in [4.69, 9.17) is 0 Å². The van der Waals surface area contributed by atoms with Gasteiger partial charge in [-0.25, -0.2) is 0 Å². The fourth-order valence-corrected chi connectivity index (χ4v) is 1.87. The quantitative estimate of drug-likeness (QED) is 0.615. The van der Waals surface area contributed by atoms with Crippen molar-refractivity contribution in [1.82, 2.24) is 0 Å². The summed E-state index contributed by atoms with van der Waals surface area (Å²) in [4.78, 5) is 0. The molecule has 2 heteroatoms. The van der Waals surface area contributed by atoms with Crippen molar-refractivity contribution in [2.75, 3.05) is 12.5 Å². The van der Waals surface area contributed by atoms with Gasteiger partial charge in [-0.1, -0.05) is 13.8 Å². The van der Waals surface area contributed by atoms with Crippen LogP contribution in [0.4, 0.5) is 0 Å². The molecule has 0 aromatic heterocycles. The van der Waals surface area contributed by atoms with Crippen molar-refractivity contribution in [3.8, 4) is 0 Å². The van der Waals surface area contributed by atoms with Crippen LogP contribution in [0, 0.1) is 5.92 Å². The summed E-state index contributed by atoms with van der Waals surface area (Å²) in [5, 5.41) is 0. The maximum Gasteiger partial charge on any atom is 0.0200 e. The highest BCUT2D eigenvalue weighted by molar-refractivity contribution is 8.03. The Morgan fingerprint density at radius 1 is 1.20 bits per heavy atom. The summed E-state index contributed by atoms with van der Waals surface area (Å²) in [7, 11) is -1.92. The van der Waals surface area contributed by atoms with Gasteiger partial charge in [-0.05, 0) is 32.3 Å². The molecule has 0 unspecified atom stereocenters. The monoisotopic (exact) mass is 164 g/mol. The van der Waals surface area contributed by atoms with Gasteiger partial charge in [-0.3, -0.25) is 4.21 Å². The van der Waals surface area contributed by atoms with Crippen LogP contribution in [0.1, 0.15) is 27.7 Å². The Kier molecular flexibility index (Phi) is 2.69. The van der Waals surface area contributed by atoms with Crippen LogP contribution < -0.4 is 0 Å². The fraction of sp³-hybridized carbons (Fsp3) is 1.00. The molecule has 0 aliphatic carbocycles. The van der Waals surface area contributed by atoms with Crippen LogP contribution in [0.2, 0.25) is 0 Å². The van der Waals surface area contributed by atoms with Gasteiger partial charge < -0.3 is 0 Å². The lowest BCUT2D eigenvalue weighted by atomic mass is 10.00. The molecule has 0 rings (SSSR count). The molecule has 0 fully saturated rings. The summed E-state index contributed by atoms with van der Waals surface area (Å²) in [6.07, 6.45) is 3.74. The third-order valence-corrected chi connectivity index (χ3v) is 6.09. The molecule has 0 aromatic rings. The Labute approximate surface area is 65.6 Å². The summed E-state index contributed by atoms with van der Waals surface area (Å²) in [6.45, 7) is 8.41. The maximum absolute atomic E-state index is 11.7. The minimum Gasteiger partial charge on any atom is -0.285 e. The predicted molar refractivity (Wildman–Crippen MR) is 50.3 cm³/mol. The van der Waals surface area contributed by atoms with Gasteiger partial charge in [0.25, 0.3) is 0 Å². The average Bonchev–Trinajstić information content (AvgIpc) is 1.62. The maximum atomic E-state index is 11.7. The SMILES string of the molecule is CC(C)C(C)(C)[SH](C)(C)=O. The van der Waals surface area contributed by atoms with Gasteiger partial charge in [-0.2, -0.15) is 0 Å². The second-order valence-corrected chi connectivity index (χ2v) is 8.01. The minimum absolute atomic E-state index is 0.00694. The number of hydrogen-bond donors (Lipinski definition) is 1. The molecule has 0 saturated heterocycles. The second-order valence-electron chi connectivity index (χ2n) is 4.16. The summed E-state index contributed by atoms with van der Waals surface area (Å²) in [6, 6.07) is 0. The number of rotatable bonds is 2. The van der Waals surface area contributed by atoms with Crippen LogP contribution in [0.3, 0.4) is 0 Å². The molecule has 0 aliphatic rings. The highest BCUT2D eigenvalue weighted by Crippen LogP contribution is 2.28. The lowest BCUT2D eigenvalue weighted by Gasteiger charge is -2.37. The van der Waals surface area contributed by atoms with Crippen molar-refractivity contribution < 1.29 is 4.21 Å². The van der Waals surface area contributed by atoms with Crippen molar-refractivity contribution in [3.63, 3.8) is 0 Å². The third-order valence-electron chi connectivity index (χ3n) is 2.80. The summed E-state index contributed by atoms with van der Waals surface area (Å²) < 4.78 is 11.7. The predicted octanol–water partition coefficient (Wildman–Crippen LogP) is 1.70. The zero-order chi connectivity index (χ0) is 8.58. The Morgan fingerprint density at radius 3 is 1.50 bits per heavy atom. The zero-order valence-electron chi connectivity index (χ0n) is 7.93. The van der Waals surface area contributed by atoms with E-state index in [9.17, 15) is 4.21 Å². The van der Waals surface area contributed by atoms with Gasteiger partial charge in [0.05, 0.1) is 0 Å². The molecule has 0 N–H and O–H groups in total. The Bertz CT molecular complexity index is 153. The first-order valence-corrected chi connectivity index (χ1v) is 6.35. The lowest BCUT2D eigenvalue weighted by molar-refractivity contribution is 0.479. The molecule has 0 saturated carbocycles. The molecule has 1 nitrogen and oxygen atoms in total. The molecular formula is C8H20OS. The molecule has 0 atom stereocenters. The highest BCUT2D eigenvalue weighted by Gasteiger charge is 2.30. The van der Waals surface area contributed by atoms with Crippen LogP contribution >= 0.6 is 0 Å². The molecule has 0 aliphatic heterocycles. The zero-order valence-corrected chi connectivity index (χ0v) is 8.83. The van der Waals surface area contributed by atoms with Gasteiger partial charge in [0.1, 0.15) is 0 Å². The van der Waals surface area contributed by atoms with Crippen molar-refractivity contribution in [1.29, 1.82) is 0 Å². The molecule has 0 spiro atoms. The highest BCUT2D eigenvalue weighted by atomic mass is 32.2. The largest absolute Gasteiger partial charge is 0.285 e. The van der Waals surface area contributed by atoms with Gasteiger partial charge in [-0.15, -0.1) is 9.93 Å². The second kappa shape index (κ2) is 2.65. The summed E-state index contributed by atoms with van der Waals surface area (Å²) >= 11 is 0. The van der Waals surface area contributed by atoms with E-state index in [-0.39, 0.29) is 4.75 Å². The van der Waals surface area contributed by atoms with Crippen molar-refractivity contribution >= 4 is 9.93 Å². The van der Waals surface area contributed by atoms with Crippen LogP contribution in [0.5, 0.6) is 0 Å². The molecule has 64 valence electrons. The van der Waals surface area contributed by atoms with E-state index in [1.54, 1.807) is 0 Å². The van der Waals surface area contributed by atoms with Crippen LogP contribution in [-0.4, -0.2) is 21.5 Å². The Balaban J connectivity index is 4.58. The van der Waals surface area contributed by atoms with E-state index in [2.05, 4.69) is 27.7 Å². The Morgan fingerprint density at radius 2 is 1.50 bits per heavy atom. The van der Waals surface area contributed by atoms with Crippen LogP contribution in [-0.2, 0) is 9.93 Å². The standard InChI is InChI=1S/C8H20OS/c1-7(2)8(3,4)10(5,6)9/h7,10H,1-6H3. The summed E-state index contributed by atoms with van der Waals surface area (Å²) in [5.74, 6) is 0.494. The fourth-order valence-electron chi connectivity index (χ4n) is 0.622. The van der Waals surface area contributed by atoms with Gasteiger partial charge in [0, 0.05) is 4.75 Å². The van der Waals surface area contributed by atoms with Crippen LogP contribution in [0.15, 0.2) is 0 Å². The van der Waals surface area contributed by atoms with E-state index in [0.717, 1.165) is 0 Å². The summed E-state index contributed by atoms with van der Waals surface area (Å²) in [5.41, 5.74) is 0. The minimum atomic E-state index is -1.92. The third kappa shape index (κ3) is 1.82. The topological polar surface area (TPSA) is 17.1 Å². The van der Waals surface area contributed by atoms with E-state index in [1.807, 2.05) is 12.5 Å². The molecule has 0 radical (unpaired) electrons. The molecule has 0 bridgehead atoms. The van der Waals surface area contributed by atoms with E-state index >= 15 is 0 Å². The molecular weight excluding hydrogens is 144 g/mol. The Hall–Kier alpha value is 0.150. The van der Waals surface area contributed by atoms with E-state index in [1.165, 1.54) is 0 Å². The first-order chi connectivity index (χ1) is 4.19. The molecule has 0 amide bonds. The smallest absolute Gasteiger partial charge is 0.0200 e. The number of thiol groups is 1. The van der Waals surface area contributed by atoms with Crippen molar-refractivity contribution in [2.24, 2.45) is 5.92 Å². The van der Waals surface area contributed by atoms with Crippen molar-refractivity contribution in [3.05, 3.63) is 0 Å². The van der Waals surface area contributed by atoms with Crippen molar-refractivity contribution in [2.45, 2.75) is 32.4 Å². The van der Waals surface area contributed by atoms with Gasteiger partial charge in [0.2, 0.25) is 0 Å². The average molecular weight is 164 g/mol. The first-order valence-electron chi connectivity index (χ1n) is 3.74. The molecule has 0 heterocycles. The molecule has 0 aromatic carbocycles. The normalized spacial score (nSPS) is 15.9.